The first-order chi connectivity index (χ1) is 5.58. The third-order valence-electron chi connectivity index (χ3n) is 1.28. The van der Waals surface area contributed by atoms with Crippen molar-refractivity contribution in [2.75, 3.05) is 6.61 Å². The normalized spacial score (nSPS) is 11.2. The number of hydrogen-bond donors (Lipinski definition) is 1. The van der Waals surface area contributed by atoms with Crippen molar-refractivity contribution < 1.29 is 9.84 Å². The van der Waals surface area contributed by atoms with E-state index in [0.29, 0.717) is 6.61 Å². The third kappa shape index (κ3) is 3.39. The van der Waals surface area contributed by atoms with Gasteiger partial charge < -0.3 is 9.84 Å². The van der Waals surface area contributed by atoms with Crippen molar-refractivity contribution in [2.24, 2.45) is 0 Å². The largest absolute Gasteiger partial charge is 0.491 e. The Kier molecular flexibility index (Phi) is 2.71. The minimum atomic E-state index is -0.778. The summed E-state index contributed by atoms with van der Waals surface area (Å²) in [5.74, 6) is 0.760. The first-order valence-corrected chi connectivity index (χ1v) is 3.89. The van der Waals surface area contributed by atoms with Gasteiger partial charge in [0.1, 0.15) is 12.4 Å². The van der Waals surface area contributed by atoms with Crippen molar-refractivity contribution >= 4 is 0 Å². The Morgan fingerprint density at radius 1 is 1.42 bits per heavy atom. The molecule has 0 aromatic heterocycles. The highest BCUT2D eigenvalue weighted by atomic mass is 16.5. The Balaban J connectivity index is 2.44. The summed E-state index contributed by atoms with van der Waals surface area (Å²) in [5.41, 5.74) is -0.778. The molecule has 1 aromatic carbocycles. The average molecular weight is 165 g/mol. The fourth-order valence-corrected chi connectivity index (χ4v) is 0.728. The van der Waals surface area contributed by atoms with Crippen LogP contribution in [0.4, 0.5) is 0 Å². The van der Waals surface area contributed by atoms with Gasteiger partial charge in [-0.05, 0) is 32.0 Å². The van der Waals surface area contributed by atoms with E-state index in [2.05, 4.69) is 6.07 Å². The van der Waals surface area contributed by atoms with E-state index in [1.165, 1.54) is 0 Å². The molecule has 2 nitrogen and oxygen atoms in total. The van der Waals surface area contributed by atoms with Gasteiger partial charge in [-0.2, -0.15) is 0 Å². The summed E-state index contributed by atoms with van der Waals surface area (Å²) < 4.78 is 5.30. The summed E-state index contributed by atoms with van der Waals surface area (Å²) in [6, 6.07) is 10.1. The summed E-state index contributed by atoms with van der Waals surface area (Å²) >= 11 is 0. The van der Waals surface area contributed by atoms with E-state index in [1.54, 1.807) is 26.0 Å². The van der Waals surface area contributed by atoms with Gasteiger partial charge in [0.05, 0.1) is 5.60 Å². The molecule has 65 valence electrons. The Hall–Kier alpha value is -1.02. The standard InChI is InChI=1S/C10H13O2/c1-10(2,11)8-12-9-6-4-3-5-7-9/h4-7,11H,8H2,1-2H3. The fourth-order valence-electron chi connectivity index (χ4n) is 0.728. The molecular weight excluding hydrogens is 152 g/mol. The molecule has 0 aliphatic carbocycles. The van der Waals surface area contributed by atoms with Gasteiger partial charge in [0.2, 0.25) is 0 Å². The second-order valence-electron chi connectivity index (χ2n) is 3.34. The van der Waals surface area contributed by atoms with E-state index in [-0.39, 0.29) is 0 Å². The van der Waals surface area contributed by atoms with Gasteiger partial charge >= 0.3 is 0 Å². The molecule has 12 heavy (non-hydrogen) atoms. The Labute approximate surface area is 72.8 Å². The predicted octanol–water partition coefficient (Wildman–Crippen LogP) is 1.64. The highest BCUT2D eigenvalue weighted by Gasteiger charge is 2.12. The molecule has 2 heteroatoms. The molecule has 0 saturated carbocycles. The van der Waals surface area contributed by atoms with Crippen LogP contribution in [0.3, 0.4) is 0 Å². The molecule has 1 radical (unpaired) electrons. The van der Waals surface area contributed by atoms with Gasteiger partial charge in [0.25, 0.3) is 0 Å². The zero-order valence-corrected chi connectivity index (χ0v) is 7.37. The van der Waals surface area contributed by atoms with Crippen LogP contribution in [0.1, 0.15) is 13.8 Å². The van der Waals surface area contributed by atoms with Crippen LogP contribution < -0.4 is 4.74 Å². The average Bonchev–Trinajstić information content (AvgIpc) is 2.02. The van der Waals surface area contributed by atoms with Crippen molar-refractivity contribution in [3.8, 4) is 5.75 Å². The van der Waals surface area contributed by atoms with Crippen LogP contribution in [0.25, 0.3) is 0 Å². The van der Waals surface area contributed by atoms with E-state index in [4.69, 9.17) is 4.74 Å². The molecule has 0 bridgehead atoms. The smallest absolute Gasteiger partial charge is 0.119 e. The zero-order chi connectivity index (χ0) is 9.03. The maximum atomic E-state index is 9.35. The van der Waals surface area contributed by atoms with Crippen molar-refractivity contribution in [1.82, 2.24) is 0 Å². The van der Waals surface area contributed by atoms with Crippen LogP contribution in [0, 0.1) is 6.07 Å². The molecule has 0 unspecified atom stereocenters. The molecule has 0 aliphatic heterocycles. The number of benzene rings is 1. The first kappa shape index (κ1) is 9.07. The van der Waals surface area contributed by atoms with E-state index < -0.39 is 5.60 Å². The summed E-state index contributed by atoms with van der Waals surface area (Å²) in [5, 5.41) is 9.35. The van der Waals surface area contributed by atoms with Crippen LogP contribution in [-0.4, -0.2) is 17.3 Å². The number of ether oxygens (including phenoxy) is 1. The van der Waals surface area contributed by atoms with Crippen LogP contribution in [0.15, 0.2) is 24.3 Å². The highest BCUT2D eigenvalue weighted by molar-refractivity contribution is 5.20. The Morgan fingerprint density at radius 2 is 2.00 bits per heavy atom. The van der Waals surface area contributed by atoms with Crippen molar-refractivity contribution in [3.63, 3.8) is 0 Å². The molecule has 1 N–H and O–H groups in total. The van der Waals surface area contributed by atoms with Gasteiger partial charge in [-0.3, -0.25) is 0 Å². The lowest BCUT2D eigenvalue weighted by Crippen LogP contribution is -2.27. The Bertz CT molecular complexity index is 223. The first-order valence-electron chi connectivity index (χ1n) is 3.89. The summed E-state index contributed by atoms with van der Waals surface area (Å²) in [6.45, 7) is 3.72. The van der Waals surface area contributed by atoms with Crippen molar-refractivity contribution in [3.05, 3.63) is 30.3 Å². The molecule has 0 atom stereocenters. The quantitative estimate of drug-likeness (QED) is 0.737. The summed E-state index contributed by atoms with van der Waals surface area (Å²) in [4.78, 5) is 0. The van der Waals surface area contributed by atoms with Crippen LogP contribution in [0.2, 0.25) is 0 Å². The van der Waals surface area contributed by atoms with E-state index in [1.807, 2.05) is 12.1 Å². The highest BCUT2D eigenvalue weighted by Crippen LogP contribution is 2.10. The topological polar surface area (TPSA) is 29.5 Å². The molecule has 1 aromatic rings. The summed E-state index contributed by atoms with van der Waals surface area (Å²) in [6.07, 6.45) is 0. The molecule has 0 spiro atoms. The SMILES string of the molecule is CC(C)(O)COc1cc[c]cc1. The molecule has 0 amide bonds. The second kappa shape index (κ2) is 3.59. The van der Waals surface area contributed by atoms with Gasteiger partial charge in [-0.25, -0.2) is 0 Å². The maximum absolute atomic E-state index is 9.35. The zero-order valence-electron chi connectivity index (χ0n) is 7.37. The predicted molar refractivity (Wildman–Crippen MR) is 47.1 cm³/mol. The number of rotatable bonds is 3. The lowest BCUT2D eigenvalue weighted by Gasteiger charge is -2.17. The third-order valence-corrected chi connectivity index (χ3v) is 1.28. The van der Waals surface area contributed by atoms with E-state index >= 15 is 0 Å². The molecule has 1 rings (SSSR count). The molecule has 0 saturated heterocycles. The molecule has 0 aliphatic rings. The summed E-state index contributed by atoms with van der Waals surface area (Å²) in [7, 11) is 0. The monoisotopic (exact) mass is 165 g/mol. The molecule has 0 fully saturated rings. The minimum absolute atomic E-state index is 0.303. The molecular formula is C10H13O2. The minimum Gasteiger partial charge on any atom is -0.491 e. The van der Waals surface area contributed by atoms with Gasteiger partial charge in [0.15, 0.2) is 0 Å². The van der Waals surface area contributed by atoms with Crippen molar-refractivity contribution in [2.45, 2.75) is 19.4 Å². The van der Waals surface area contributed by atoms with E-state index in [0.717, 1.165) is 5.75 Å². The molecule has 0 heterocycles. The van der Waals surface area contributed by atoms with Gasteiger partial charge in [-0.15, -0.1) is 0 Å². The second-order valence-corrected chi connectivity index (χ2v) is 3.34. The maximum Gasteiger partial charge on any atom is 0.119 e. The van der Waals surface area contributed by atoms with Crippen LogP contribution in [0.5, 0.6) is 5.75 Å². The Morgan fingerprint density at radius 3 is 2.50 bits per heavy atom. The number of hydrogen-bond acceptors (Lipinski definition) is 2. The van der Waals surface area contributed by atoms with Gasteiger partial charge in [-0.1, -0.05) is 12.1 Å². The van der Waals surface area contributed by atoms with Gasteiger partial charge in [0, 0.05) is 0 Å². The lowest BCUT2D eigenvalue weighted by atomic mass is 10.2. The van der Waals surface area contributed by atoms with Crippen LogP contribution >= 0.6 is 0 Å². The van der Waals surface area contributed by atoms with Crippen molar-refractivity contribution in [1.29, 1.82) is 0 Å². The van der Waals surface area contributed by atoms with Crippen LogP contribution in [-0.2, 0) is 0 Å². The lowest BCUT2D eigenvalue weighted by molar-refractivity contribution is 0.0285. The fraction of sp³-hybridized carbons (Fsp3) is 0.400. The van der Waals surface area contributed by atoms with E-state index in [9.17, 15) is 5.11 Å². The number of aliphatic hydroxyl groups is 1.